The first-order chi connectivity index (χ1) is 13.3. The number of rotatable bonds is 5. The molecule has 4 amide bonds. The summed E-state index contributed by atoms with van der Waals surface area (Å²) >= 11 is 0. The van der Waals surface area contributed by atoms with Gasteiger partial charge in [-0.2, -0.15) is 0 Å². The lowest BCUT2D eigenvalue weighted by molar-refractivity contribution is -0.134. The van der Waals surface area contributed by atoms with Crippen LogP contribution in [0.25, 0.3) is 0 Å². The van der Waals surface area contributed by atoms with E-state index in [1.807, 2.05) is 19.1 Å². The minimum absolute atomic E-state index is 0.323. The average molecular weight is 383 g/mol. The maximum absolute atomic E-state index is 13.1. The lowest BCUT2D eigenvalue weighted by atomic mass is 9.91. The highest BCUT2D eigenvalue weighted by Gasteiger charge is 2.49. The van der Waals surface area contributed by atoms with Gasteiger partial charge in [0.2, 0.25) is 5.91 Å². The lowest BCUT2D eigenvalue weighted by Crippen LogP contribution is -2.44. The predicted molar refractivity (Wildman–Crippen MR) is 103 cm³/mol. The minimum atomic E-state index is -1.22. The molecule has 0 aromatic heterocycles. The van der Waals surface area contributed by atoms with Gasteiger partial charge < -0.3 is 10.2 Å². The van der Waals surface area contributed by atoms with E-state index in [-0.39, 0.29) is 0 Å². The van der Waals surface area contributed by atoms with Crippen molar-refractivity contribution in [3.05, 3.63) is 65.5 Å². The number of carbonyl (C=O) groups is 3. The van der Waals surface area contributed by atoms with Crippen LogP contribution in [0.1, 0.15) is 25.0 Å². The number of imide groups is 1. The van der Waals surface area contributed by atoms with E-state index in [0.29, 0.717) is 17.8 Å². The fraction of sp³-hybridized carbons (Fsp3) is 0.286. The molecule has 2 aromatic rings. The van der Waals surface area contributed by atoms with Crippen molar-refractivity contribution in [3.63, 3.8) is 0 Å². The molecule has 6 nitrogen and oxygen atoms in total. The second kappa shape index (κ2) is 7.42. The van der Waals surface area contributed by atoms with Gasteiger partial charge in [-0.05, 0) is 50.6 Å². The highest BCUT2D eigenvalue weighted by Crippen LogP contribution is 2.29. The Morgan fingerprint density at radius 2 is 1.71 bits per heavy atom. The van der Waals surface area contributed by atoms with E-state index in [1.165, 1.54) is 29.2 Å². The van der Waals surface area contributed by atoms with Crippen LogP contribution in [0.3, 0.4) is 0 Å². The third-order valence-corrected chi connectivity index (χ3v) is 4.95. The van der Waals surface area contributed by atoms with E-state index in [1.54, 1.807) is 26.0 Å². The van der Waals surface area contributed by atoms with Gasteiger partial charge in [-0.25, -0.2) is 9.18 Å². The van der Waals surface area contributed by atoms with Gasteiger partial charge in [-0.1, -0.05) is 29.8 Å². The summed E-state index contributed by atoms with van der Waals surface area (Å²) in [5.41, 5.74) is 0.964. The Morgan fingerprint density at radius 1 is 1.11 bits per heavy atom. The highest BCUT2D eigenvalue weighted by atomic mass is 19.1. The van der Waals surface area contributed by atoms with E-state index < -0.39 is 35.7 Å². The number of urea groups is 1. The number of likely N-dealkylation sites (N-methyl/N-ethyl adjacent to an activating group) is 1. The Kier molecular flexibility index (Phi) is 5.18. The van der Waals surface area contributed by atoms with Crippen molar-refractivity contribution in [1.82, 2.24) is 10.2 Å². The van der Waals surface area contributed by atoms with Crippen LogP contribution in [0, 0.1) is 12.7 Å². The Labute approximate surface area is 162 Å². The number of aryl methyl sites for hydroxylation is 1. The second-order valence-corrected chi connectivity index (χ2v) is 6.93. The van der Waals surface area contributed by atoms with Gasteiger partial charge in [-0.3, -0.25) is 14.5 Å². The van der Waals surface area contributed by atoms with Crippen molar-refractivity contribution in [2.75, 3.05) is 18.0 Å². The molecule has 1 N–H and O–H groups in total. The molecule has 1 heterocycles. The topological polar surface area (TPSA) is 69.7 Å². The van der Waals surface area contributed by atoms with Crippen LogP contribution in [-0.4, -0.2) is 35.8 Å². The lowest BCUT2D eigenvalue weighted by Gasteiger charge is -2.24. The van der Waals surface area contributed by atoms with E-state index in [4.69, 9.17) is 0 Å². The van der Waals surface area contributed by atoms with Crippen LogP contribution in [0.15, 0.2) is 48.5 Å². The maximum atomic E-state index is 13.1. The third-order valence-electron chi connectivity index (χ3n) is 4.95. The van der Waals surface area contributed by atoms with Gasteiger partial charge in [0.25, 0.3) is 5.91 Å². The summed E-state index contributed by atoms with van der Waals surface area (Å²) in [5, 5.41) is 2.69. The molecule has 1 aliphatic rings. The highest BCUT2D eigenvalue weighted by molar-refractivity contribution is 6.10. The van der Waals surface area contributed by atoms with Gasteiger partial charge in [0, 0.05) is 12.2 Å². The summed E-state index contributed by atoms with van der Waals surface area (Å²) in [6, 6.07) is 12.2. The molecule has 1 saturated heterocycles. The molecule has 3 rings (SSSR count). The molecule has 0 spiro atoms. The monoisotopic (exact) mass is 383 g/mol. The van der Waals surface area contributed by atoms with Crippen LogP contribution in [0.2, 0.25) is 0 Å². The molecule has 146 valence electrons. The molecule has 7 heteroatoms. The Bertz CT molecular complexity index is 911. The zero-order valence-corrected chi connectivity index (χ0v) is 16.0. The van der Waals surface area contributed by atoms with Crippen LogP contribution >= 0.6 is 0 Å². The molecule has 1 atom stereocenters. The summed E-state index contributed by atoms with van der Waals surface area (Å²) < 4.78 is 13.1. The zero-order chi connectivity index (χ0) is 20.5. The molecular formula is C21H22FN3O3. The SMILES string of the molecule is CCN(C(=O)CN1C(=O)N[C@](C)(c2ccc(C)cc2)C1=O)c1ccc(F)cc1. The van der Waals surface area contributed by atoms with Crippen LogP contribution < -0.4 is 10.2 Å². The van der Waals surface area contributed by atoms with Crippen molar-refractivity contribution in [1.29, 1.82) is 0 Å². The van der Waals surface area contributed by atoms with Gasteiger partial charge in [0.05, 0.1) is 0 Å². The van der Waals surface area contributed by atoms with Crippen molar-refractivity contribution in [2.24, 2.45) is 0 Å². The molecule has 0 bridgehead atoms. The van der Waals surface area contributed by atoms with E-state index in [9.17, 15) is 18.8 Å². The van der Waals surface area contributed by atoms with Gasteiger partial charge in [0.1, 0.15) is 17.9 Å². The normalized spacial score (nSPS) is 18.9. The molecule has 1 fully saturated rings. The predicted octanol–water partition coefficient (Wildman–Crippen LogP) is 2.95. The van der Waals surface area contributed by atoms with Crippen molar-refractivity contribution < 1.29 is 18.8 Å². The summed E-state index contributed by atoms with van der Waals surface area (Å²) in [7, 11) is 0. The number of amides is 4. The smallest absolute Gasteiger partial charge is 0.319 e. The quantitative estimate of drug-likeness (QED) is 0.807. The zero-order valence-electron chi connectivity index (χ0n) is 16.0. The summed E-state index contributed by atoms with van der Waals surface area (Å²) in [6.45, 7) is 5.26. The number of anilines is 1. The molecular weight excluding hydrogens is 361 g/mol. The number of nitrogens with one attached hydrogen (secondary N) is 1. The standard InChI is InChI=1S/C21H22FN3O3/c1-4-24(17-11-9-16(22)10-12-17)18(26)13-25-19(27)21(3,23-20(25)28)15-7-5-14(2)6-8-15/h5-12H,4,13H2,1-3H3,(H,23,28)/t21-/m1/s1. The van der Waals surface area contributed by atoms with Crippen molar-refractivity contribution in [2.45, 2.75) is 26.3 Å². The molecule has 0 unspecified atom stereocenters. The number of halogens is 1. The number of hydrogen-bond acceptors (Lipinski definition) is 3. The third kappa shape index (κ3) is 3.47. The van der Waals surface area contributed by atoms with Crippen molar-refractivity contribution in [3.8, 4) is 0 Å². The van der Waals surface area contributed by atoms with Crippen LogP contribution in [0.5, 0.6) is 0 Å². The largest absolute Gasteiger partial charge is 0.325 e. The van der Waals surface area contributed by atoms with Crippen LogP contribution in [-0.2, 0) is 15.1 Å². The van der Waals surface area contributed by atoms with Gasteiger partial charge >= 0.3 is 6.03 Å². The second-order valence-electron chi connectivity index (χ2n) is 6.93. The first-order valence-electron chi connectivity index (χ1n) is 9.03. The van der Waals surface area contributed by atoms with Crippen LogP contribution in [0.4, 0.5) is 14.9 Å². The fourth-order valence-electron chi connectivity index (χ4n) is 3.27. The molecule has 1 aliphatic heterocycles. The summed E-state index contributed by atoms with van der Waals surface area (Å²) in [4.78, 5) is 40.5. The molecule has 28 heavy (non-hydrogen) atoms. The molecule has 0 aliphatic carbocycles. The number of nitrogens with zero attached hydrogens (tertiary/aromatic N) is 2. The minimum Gasteiger partial charge on any atom is -0.319 e. The number of hydrogen-bond donors (Lipinski definition) is 1. The molecule has 2 aromatic carbocycles. The van der Waals surface area contributed by atoms with E-state index >= 15 is 0 Å². The van der Waals surface area contributed by atoms with E-state index in [0.717, 1.165) is 10.5 Å². The van der Waals surface area contributed by atoms with E-state index in [2.05, 4.69) is 5.32 Å². The maximum Gasteiger partial charge on any atom is 0.325 e. The van der Waals surface area contributed by atoms with Crippen molar-refractivity contribution >= 4 is 23.5 Å². The summed E-state index contributed by atoms with van der Waals surface area (Å²) in [6.07, 6.45) is 0. The fourth-order valence-corrected chi connectivity index (χ4v) is 3.27. The van der Waals surface area contributed by atoms with Gasteiger partial charge in [-0.15, -0.1) is 0 Å². The number of benzene rings is 2. The van der Waals surface area contributed by atoms with Gasteiger partial charge in [0.15, 0.2) is 0 Å². The first kappa shape index (κ1) is 19.5. The molecule has 0 saturated carbocycles. The molecule has 0 radical (unpaired) electrons. The summed E-state index contributed by atoms with van der Waals surface area (Å²) in [5.74, 6) is -1.31. The Morgan fingerprint density at radius 3 is 2.29 bits per heavy atom. The number of carbonyl (C=O) groups excluding carboxylic acids is 3. The Hall–Kier alpha value is -3.22. The first-order valence-corrected chi connectivity index (χ1v) is 9.03. The average Bonchev–Trinajstić information content (AvgIpc) is 2.88. The Balaban J connectivity index is 1.80.